The molecule has 0 aliphatic heterocycles. The van der Waals surface area contributed by atoms with E-state index < -0.39 is 0 Å². The van der Waals surface area contributed by atoms with Crippen molar-refractivity contribution in [3.8, 4) is 0 Å². The molecule has 3 heteroatoms. The third-order valence-corrected chi connectivity index (χ3v) is 3.73. The molecule has 0 spiro atoms. The van der Waals surface area contributed by atoms with Crippen molar-refractivity contribution >= 4 is 5.97 Å². The Morgan fingerprint density at radius 2 is 1.69 bits per heavy atom. The molecule has 0 aromatic heterocycles. The molecule has 3 nitrogen and oxygen atoms in total. The van der Waals surface area contributed by atoms with Gasteiger partial charge in [-0.25, -0.2) is 0 Å². The Labute approximate surface area is 97.5 Å². The first kappa shape index (κ1) is 11.9. The lowest BCUT2D eigenvalue weighted by atomic mass is 9.86. The van der Waals surface area contributed by atoms with Crippen LogP contribution in [-0.2, 0) is 14.3 Å². The normalized spacial score (nSPS) is 30.8. The van der Waals surface area contributed by atoms with E-state index in [1.165, 1.54) is 19.3 Å². The summed E-state index contributed by atoms with van der Waals surface area (Å²) >= 11 is 0. The lowest BCUT2D eigenvalue weighted by molar-refractivity contribution is -0.151. The van der Waals surface area contributed by atoms with Crippen molar-refractivity contribution < 1.29 is 14.3 Å². The Bertz CT molecular complexity index is 227. The van der Waals surface area contributed by atoms with E-state index in [9.17, 15) is 4.79 Å². The second-order valence-corrected chi connectivity index (χ2v) is 4.91. The average molecular weight is 226 g/mol. The Morgan fingerprint density at radius 1 is 1.06 bits per heavy atom. The van der Waals surface area contributed by atoms with E-state index in [2.05, 4.69) is 0 Å². The highest BCUT2D eigenvalue weighted by molar-refractivity contribution is 5.72. The number of hydrogen-bond acceptors (Lipinski definition) is 3. The van der Waals surface area contributed by atoms with Gasteiger partial charge in [0.25, 0.3) is 0 Å². The third-order valence-electron chi connectivity index (χ3n) is 3.73. The molecule has 0 radical (unpaired) electrons. The topological polar surface area (TPSA) is 35.5 Å². The van der Waals surface area contributed by atoms with Crippen LogP contribution < -0.4 is 0 Å². The molecular formula is C13H22O3. The molecule has 16 heavy (non-hydrogen) atoms. The van der Waals surface area contributed by atoms with Crippen molar-refractivity contribution in [2.24, 2.45) is 5.92 Å². The summed E-state index contributed by atoms with van der Waals surface area (Å²) in [4.78, 5) is 11.5. The number of hydrogen-bond donors (Lipinski definition) is 0. The van der Waals surface area contributed by atoms with Gasteiger partial charge in [-0.3, -0.25) is 4.79 Å². The molecule has 0 aromatic carbocycles. The minimum atomic E-state index is -0.00964. The van der Waals surface area contributed by atoms with E-state index in [4.69, 9.17) is 9.47 Å². The molecule has 0 atom stereocenters. The minimum Gasteiger partial charge on any atom is -0.466 e. The van der Waals surface area contributed by atoms with Gasteiger partial charge in [0.15, 0.2) is 0 Å². The zero-order valence-corrected chi connectivity index (χ0v) is 10.1. The molecule has 0 heterocycles. The molecule has 0 saturated heterocycles. The molecule has 2 aliphatic rings. The second-order valence-electron chi connectivity index (χ2n) is 4.91. The van der Waals surface area contributed by atoms with E-state index in [0.717, 1.165) is 25.7 Å². The summed E-state index contributed by atoms with van der Waals surface area (Å²) in [6.07, 6.45) is 8.64. The van der Waals surface area contributed by atoms with Crippen LogP contribution in [0.1, 0.15) is 51.9 Å². The van der Waals surface area contributed by atoms with Gasteiger partial charge < -0.3 is 9.47 Å². The Kier molecular flexibility index (Phi) is 4.22. The van der Waals surface area contributed by atoms with E-state index in [1.807, 2.05) is 6.92 Å². The quantitative estimate of drug-likeness (QED) is 0.691. The SMILES string of the molecule is CCOC(=O)[C@H]1CC[C@@H](OC2CCC2)CC1. The standard InChI is InChI=1S/C13H22O3/c1-2-15-13(14)10-6-8-12(9-7-10)16-11-4-3-5-11/h10-12H,2-9H2,1H3/t10-,12+. The molecule has 2 fully saturated rings. The van der Waals surface area contributed by atoms with Crippen molar-refractivity contribution in [2.45, 2.75) is 64.1 Å². The Balaban J connectivity index is 1.67. The van der Waals surface area contributed by atoms with Gasteiger partial charge in [-0.1, -0.05) is 0 Å². The summed E-state index contributed by atoms with van der Waals surface area (Å²) < 4.78 is 11.0. The predicted octanol–water partition coefficient (Wildman–Crippen LogP) is 2.68. The van der Waals surface area contributed by atoms with Crippen LogP contribution in [0.3, 0.4) is 0 Å². The van der Waals surface area contributed by atoms with Crippen molar-refractivity contribution in [2.75, 3.05) is 6.61 Å². The maximum atomic E-state index is 11.5. The second kappa shape index (κ2) is 5.67. The van der Waals surface area contributed by atoms with Gasteiger partial charge in [-0.15, -0.1) is 0 Å². The molecule has 2 aliphatic carbocycles. The van der Waals surface area contributed by atoms with Crippen LogP contribution >= 0.6 is 0 Å². The molecule has 2 rings (SSSR count). The van der Waals surface area contributed by atoms with Crippen molar-refractivity contribution in [1.29, 1.82) is 0 Å². The van der Waals surface area contributed by atoms with Crippen LogP contribution in [0.25, 0.3) is 0 Å². The number of ether oxygens (including phenoxy) is 2. The average Bonchev–Trinajstić information content (AvgIpc) is 2.25. The number of carbonyl (C=O) groups is 1. The van der Waals surface area contributed by atoms with Crippen LogP contribution in [-0.4, -0.2) is 24.8 Å². The Morgan fingerprint density at radius 3 is 2.19 bits per heavy atom. The van der Waals surface area contributed by atoms with Crippen molar-refractivity contribution in [1.82, 2.24) is 0 Å². The van der Waals surface area contributed by atoms with Crippen molar-refractivity contribution in [3.63, 3.8) is 0 Å². The van der Waals surface area contributed by atoms with Crippen LogP contribution in [0, 0.1) is 5.92 Å². The lowest BCUT2D eigenvalue weighted by Gasteiger charge is -2.34. The van der Waals surface area contributed by atoms with Crippen LogP contribution in [0.4, 0.5) is 0 Å². The molecule has 0 amide bonds. The first-order valence-corrected chi connectivity index (χ1v) is 6.61. The zero-order valence-electron chi connectivity index (χ0n) is 10.1. The first-order chi connectivity index (χ1) is 7.79. The van der Waals surface area contributed by atoms with Gasteiger partial charge in [0.05, 0.1) is 24.7 Å². The zero-order chi connectivity index (χ0) is 11.4. The van der Waals surface area contributed by atoms with E-state index >= 15 is 0 Å². The predicted molar refractivity (Wildman–Crippen MR) is 61.1 cm³/mol. The van der Waals surface area contributed by atoms with Crippen molar-refractivity contribution in [3.05, 3.63) is 0 Å². The first-order valence-electron chi connectivity index (χ1n) is 6.61. The highest BCUT2D eigenvalue weighted by atomic mass is 16.5. The largest absolute Gasteiger partial charge is 0.466 e. The summed E-state index contributed by atoms with van der Waals surface area (Å²) in [5, 5.41) is 0. The fourth-order valence-corrected chi connectivity index (χ4v) is 2.47. The molecule has 0 N–H and O–H groups in total. The smallest absolute Gasteiger partial charge is 0.308 e. The molecule has 0 unspecified atom stereocenters. The third kappa shape index (κ3) is 2.97. The molecule has 0 bridgehead atoms. The van der Waals surface area contributed by atoms with Gasteiger partial charge in [0.2, 0.25) is 0 Å². The number of carbonyl (C=O) groups excluding carboxylic acids is 1. The van der Waals surface area contributed by atoms with Crippen LogP contribution in [0.15, 0.2) is 0 Å². The summed E-state index contributed by atoms with van der Waals surface area (Å²) in [5.74, 6) is 0.116. The Hall–Kier alpha value is -0.570. The number of esters is 1. The lowest BCUT2D eigenvalue weighted by Crippen LogP contribution is -2.32. The van der Waals surface area contributed by atoms with Gasteiger partial charge in [-0.05, 0) is 51.9 Å². The van der Waals surface area contributed by atoms with Gasteiger partial charge in [-0.2, -0.15) is 0 Å². The molecule has 92 valence electrons. The van der Waals surface area contributed by atoms with E-state index in [-0.39, 0.29) is 11.9 Å². The fraction of sp³-hybridized carbons (Fsp3) is 0.923. The number of rotatable bonds is 4. The maximum Gasteiger partial charge on any atom is 0.308 e. The summed E-state index contributed by atoms with van der Waals surface area (Å²) in [6.45, 7) is 2.36. The van der Waals surface area contributed by atoms with Gasteiger partial charge >= 0.3 is 5.97 Å². The van der Waals surface area contributed by atoms with Gasteiger partial charge in [0.1, 0.15) is 0 Å². The maximum absolute atomic E-state index is 11.5. The fourth-order valence-electron chi connectivity index (χ4n) is 2.47. The highest BCUT2D eigenvalue weighted by Gasteiger charge is 2.30. The van der Waals surface area contributed by atoms with E-state index in [1.54, 1.807) is 0 Å². The summed E-state index contributed by atoms with van der Waals surface area (Å²) in [7, 11) is 0. The highest BCUT2D eigenvalue weighted by Crippen LogP contribution is 2.31. The monoisotopic (exact) mass is 226 g/mol. The van der Waals surface area contributed by atoms with Crippen LogP contribution in [0.5, 0.6) is 0 Å². The van der Waals surface area contributed by atoms with Gasteiger partial charge in [0, 0.05) is 0 Å². The minimum absolute atomic E-state index is 0.00964. The van der Waals surface area contributed by atoms with Crippen LogP contribution in [0.2, 0.25) is 0 Å². The molecule has 0 aromatic rings. The summed E-state index contributed by atoms with van der Waals surface area (Å²) in [6, 6.07) is 0. The molecular weight excluding hydrogens is 204 g/mol. The molecule has 2 saturated carbocycles. The van der Waals surface area contributed by atoms with E-state index in [0.29, 0.717) is 18.8 Å². The summed E-state index contributed by atoms with van der Waals surface area (Å²) in [5.41, 5.74) is 0.